The van der Waals surface area contributed by atoms with Gasteiger partial charge in [-0.25, -0.2) is 4.79 Å². The van der Waals surface area contributed by atoms with Gasteiger partial charge in [0.15, 0.2) is 0 Å². The zero-order valence-corrected chi connectivity index (χ0v) is 13.5. The quantitative estimate of drug-likeness (QED) is 0.728. The SMILES string of the molecule is O=C(NCCO)Nc1cccc(CS(=O)Cc2ccccc2)c1. The first kappa shape index (κ1) is 17.2. The van der Waals surface area contributed by atoms with Crippen LogP contribution < -0.4 is 10.6 Å². The summed E-state index contributed by atoms with van der Waals surface area (Å²) in [6, 6.07) is 16.6. The zero-order valence-electron chi connectivity index (χ0n) is 12.7. The monoisotopic (exact) mass is 332 g/mol. The number of hydrogen-bond acceptors (Lipinski definition) is 3. The molecule has 0 fully saturated rings. The van der Waals surface area contributed by atoms with E-state index >= 15 is 0 Å². The highest BCUT2D eigenvalue weighted by Crippen LogP contribution is 2.14. The van der Waals surface area contributed by atoms with Crippen molar-refractivity contribution in [3.8, 4) is 0 Å². The number of nitrogens with one attached hydrogen (secondary N) is 2. The van der Waals surface area contributed by atoms with Gasteiger partial charge >= 0.3 is 6.03 Å². The first-order valence-corrected chi connectivity index (χ1v) is 8.80. The van der Waals surface area contributed by atoms with Crippen molar-refractivity contribution in [3.63, 3.8) is 0 Å². The summed E-state index contributed by atoms with van der Waals surface area (Å²) in [6.07, 6.45) is 0. The van der Waals surface area contributed by atoms with E-state index in [1.165, 1.54) is 0 Å². The van der Waals surface area contributed by atoms with Crippen molar-refractivity contribution >= 4 is 22.5 Å². The third-order valence-electron chi connectivity index (χ3n) is 3.08. The Morgan fingerprint density at radius 2 is 1.70 bits per heavy atom. The van der Waals surface area contributed by atoms with Crippen LogP contribution in [0.3, 0.4) is 0 Å². The van der Waals surface area contributed by atoms with E-state index in [0.717, 1.165) is 11.1 Å². The second-order valence-corrected chi connectivity index (χ2v) is 6.48. The number of urea groups is 1. The number of anilines is 1. The first-order chi connectivity index (χ1) is 11.2. The molecule has 0 aliphatic rings. The summed E-state index contributed by atoms with van der Waals surface area (Å²) < 4.78 is 12.2. The molecule has 0 radical (unpaired) electrons. The van der Waals surface area contributed by atoms with Crippen molar-refractivity contribution in [2.24, 2.45) is 0 Å². The van der Waals surface area contributed by atoms with Gasteiger partial charge in [0.25, 0.3) is 0 Å². The highest BCUT2D eigenvalue weighted by Gasteiger charge is 2.06. The minimum Gasteiger partial charge on any atom is -0.395 e. The van der Waals surface area contributed by atoms with Crippen LogP contribution in [-0.2, 0) is 22.3 Å². The van der Waals surface area contributed by atoms with E-state index in [4.69, 9.17) is 5.11 Å². The van der Waals surface area contributed by atoms with Crippen LogP contribution >= 0.6 is 0 Å². The Balaban J connectivity index is 1.91. The maximum atomic E-state index is 12.2. The van der Waals surface area contributed by atoms with Crippen molar-refractivity contribution in [2.45, 2.75) is 11.5 Å². The van der Waals surface area contributed by atoms with Crippen LogP contribution in [0.15, 0.2) is 54.6 Å². The molecule has 0 aromatic heterocycles. The topological polar surface area (TPSA) is 78.4 Å². The summed E-state index contributed by atoms with van der Waals surface area (Å²) in [6.45, 7) is 0.0958. The fourth-order valence-corrected chi connectivity index (χ4v) is 3.30. The number of hydrogen-bond donors (Lipinski definition) is 3. The standard InChI is InChI=1S/C17H20N2O3S/c20-10-9-18-17(21)19-16-8-4-7-15(11-16)13-23(22)12-14-5-2-1-3-6-14/h1-8,11,20H,9-10,12-13H2,(H2,18,19,21). The predicted octanol–water partition coefficient (Wildman–Crippen LogP) is 2.25. The summed E-state index contributed by atoms with van der Waals surface area (Å²) in [5, 5.41) is 13.9. The molecule has 2 amide bonds. The van der Waals surface area contributed by atoms with Crippen LogP contribution in [0, 0.1) is 0 Å². The maximum absolute atomic E-state index is 12.2. The number of carbonyl (C=O) groups is 1. The number of aliphatic hydroxyl groups excluding tert-OH is 1. The highest BCUT2D eigenvalue weighted by atomic mass is 32.2. The van der Waals surface area contributed by atoms with E-state index in [0.29, 0.717) is 17.2 Å². The van der Waals surface area contributed by atoms with Gasteiger partial charge in [-0.15, -0.1) is 0 Å². The van der Waals surface area contributed by atoms with Gasteiger partial charge in [-0.05, 0) is 23.3 Å². The molecule has 5 nitrogen and oxygen atoms in total. The Morgan fingerprint density at radius 1 is 1.00 bits per heavy atom. The minimum atomic E-state index is -1.01. The van der Waals surface area contributed by atoms with E-state index in [2.05, 4.69) is 10.6 Å². The van der Waals surface area contributed by atoms with Gasteiger partial charge in [0.2, 0.25) is 0 Å². The van der Waals surface area contributed by atoms with Gasteiger partial charge in [0.05, 0.1) is 6.61 Å². The van der Waals surface area contributed by atoms with Crippen molar-refractivity contribution in [2.75, 3.05) is 18.5 Å². The smallest absolute Gasteiger partial charge is 0.319 e. The first-order valence-electron chi connectivity index (χ1n) is 7.31. The lowest BCUT2D eigenvalue weighted by Crippen LogP contribution is -2.30. The highest BCUT2D eigenvalue weighted by molar-refractivity contribution is 7.83. The molecule has 0 spiro atoms. The van der Waals surface area contributed by atoms with Gasteiger partial charge in [0, 0.05) is 34.5 Å². The van der Waals surface area contributed by atoms with E-state index in [9.17, 15) is 9.00 Å². The van der Waals surface area contributed by atoms with Gasteiger partial charge in [-0.3, -0.25) is 4.21 Å². The van der Waals surface area contributed by atoms with E-state index in [-0.39, 0.29) is 19.2 Å². The fraction of sp³-hybridized carbons (Fsp3) is 0.235. The number of benzene rings is 2. The molecule has 23 heavy (non-hydrogen) atoms. The summed E-state index contributed by atoms with van der Waals surface area (Å²) in [7, 11) is -1.01. The molecule has 0 bridgehead atoms. The Labute approximate surface area is 138 Å². The van der Waals surface area contributed by atoms with Crippen molar-refractivity contribution in [1.29, 1.82) is 0 Å². The van der Waals surface area contributed by atoms with E-state index in [1.54, 1.807) is 12.1 Å². The lowest BCUT2D eigenvalue weighted by atomic mass is 10.2. The number of aliphatic hydroxyl groups is 1. The normalized spacial score (nSPS) is 11.7. The minimum absolute atomic E-state index is 0.105. The number of amides is 2. The largest absolute Gasteiger partial charge is 0.395 e. The third-order valence-corrected chi connectivity index (χ3v) is 4.39. The molecular weight excluding hydrogens is 312 g/mol. The van der Waals surface area contributed by atoms with Gasteiger partial charge < -0.3 is 15.7 Å². The molecule has 2 aromatic rings. The maximum Gasteiger partial charge on any atom is 0.319 e. The Bertz CT molecular complexity index is 662. The molecule has 0 aliphatic carbocycles. The molecule has 122 valence electrons. The van der Waals surface area contributed by atoms with Crippen molar-refractivity contribution in [3.05, 3.63) is 65.7 Å². The number of carbonyl (C=O) groups excluding carboxylic acids is 1. The van der Waals surface area contributed by atoms with Crippen LogP contribution in [0.1, 0.15) is 11.1 Å². The van der Waals surface area contributed by atoms with Gasteiger partial charge in [0.1, 0.15) is 0 Å². The second-order valence-electron chi connectivity index (χ2n) is 5.02. The van der Waals surface area contributed by atoms with Crippen LogP contribution in [0.2, 0.25) is 0 Å². The van der Waals surface area contributed by atoms with Crippen LogP contribution in [-0.4, -0.2) is 28.5 Å². The van der Waals surface area contributed by atoms with Crippen LogP contribution in [0.25, 0.3) is 0 Å². The molecule has 1 unspecified atom stereocenters. The van der Waals surface area contributed by atoms with Gasteiger partial charge in [-0.2, -0.15) is 0 Å². The summed E-state index contributed by atoms with van der Waals surface area (Å²) in [5.74, 6) is 0.943. The number of rotatable bonds is 7. The summed E-state index contributed by atoms with van der Waals surface area (Å²) in [4.78, 5) is 11.6. The Kier molecular flexibility index (Phi) is 6.77. The van der Waals surface area contributed by atoms with Gasteiger partial charge in [-0.1, -0.05) is 42.5 Å². The average molecular weight is 332 g/mol. The van der Waals surface area contributed by atoms with Crippen molar-refractivity contribution in [1.82, 2.24) is 5.32 Å². The van der Waals surface area contributed by atoms with E-state index < -0.39 is 10.8 Å². The van der Waals surface area contributed by atoms with Crippen LogP contribution in [0.4, 0.5) is 10.5 Å². The lowest BCUT2D eigenvalue weighted by molar-refractivity contribution is 0.245. The zero-order chi connectivity index (χ0) is 16.5. The molecular formula is C17H20N2O3S. The molecule has 2 aromatic carbocycles. The lowest BCUT2D eigenvalue weighted by Gasteiger charge is -2.08. The molecule has 0 saturated heterocycles. The molecule has 3 N–H and O–H groups in total. The summed E-state index contributed by atoms with van der Waals surface area (Å²) in [5.41, 5.74) is 2.58. The third kappa shape index (κ3) is 6.22. The molecule has 0 saturated carbocycles. The average Bonchev–Trinajstić information content (AvgIpc) is 2.54. The molecule has 0 heterocycles. The molecule has 6 heteroatoms. The van der Waals surface area contributed by atoms with E-state index in [1.807, 2.05) is 42.5 Å². The Morgan fingerprint density at radius 3 is 2.43 bits per heavy atom. The molecule has 2 rings (SSSR count). The molecule has 0 aliphatic heterocycles. The predicted molar refractivity (Wildman–Crippen MR) is 92.5 cm³/mol. The second kappa shape index (κ2) is 9.07. The summed E-state index contributed by atoms with van der Waals surface area (Å²) >= 11 is 0. The van der Waals surface area contributed by atoms with Crippen molar-refractivity contribution < 1.29 is 14.1 Å². The molecule has 1 atom stereocenters. The van der Waals surface area contributed by atoms with Crippen LogP contribution in [0.5, 0.6) is 0 Å². The fourth-order valence-electron chi connectivity index (χ4n) is 2.08. The Hall–Kier alpha value is -2.18.